The van der Waals surface area contributed by atoms with Crippen LogP contribution in [0.5, 0.6) is 0 Å². The molecule has 0 saturated heterocycles. The van der Waals surface area contributed by atoms with Gasteiger partial charge in [0, 0.05) is 0 Å². The summed E-state index contributed by atoms with van der Waals surface area (Å²) in [5, 5.41) is 9.03. The molecule has 0 spiro atoms. The molecule has 0 heterocycles. The normalized spacial score (nSPS) is 14.4. The molecule has 0 aromatic carbocycles. The van der Waals surface area contributed by atoms with Gasteiger partial charge < -0.3 is 14.9 Å². The van der Waals surface area contributed by atoms with Crippen LogP contribution in [0.15, 0.2) is 34.9 Å². The summed E-state index contributed by atoms with van der Waals surface area (Å²) in [6, 6.07) is 0. The Balaban J connectivity index is 4.37. The zero-order chi connectivity index (χ0) is 18.8. The molecular weight excluding hydrogens is 327 g/mol. The number of allylic oxidation sites excluding steroid dienone is 6. The second-order valence-electron chi connectivity index (χ2n) is 6.58. The molecule has 0 aliphatic heterocycles. The van der Waals surface area contributed by atoms with Gasteiger partial charge in [0.1, 0.15) is 0 Å². The van der Waals surface area contributed by atoms with Gasteiger partial charge in [-0.1, -0.05) is 34.9 Å². The number of rotatable bonds is 11. The molecule has 1 unspecified atom stereocenters. The zero-order valence-corrected chi connectivity index (χ0v) is 16.1. The second-order valence-corrected chi connectivity index (χ2v) is 8.27. The van der Waals surface area contributed by atoms with Gasteiger partial charge in [0.15, 0.2) is 0 Å². The van der Waals surface area contributed by atoms with Crippen molar-refractivity contribution >= 4 is 13.6 Å². The Bertz CT molecular complexity index is 536. The molecule has 0 radical (unpaired) electrons. The molecule has 0 fully saturated rings. The highest BCUT2D eigenvalue weighted by Gasteiger charge is 2.26. The van der Waals surface area contributed by atoms with Crippen LogP contribution in [0.2, 0.25) is 0 Å². The van der Waals surface area contributed by atoms with E-state index in [2.05, 4.69) is 32.9 Å². The second kappa shape index (κ2) is 11.4. The van der Waals surface area contributed by atoms with Crippen LogP contribution in [0, 0.1) is 5.92 Å². The average molecular weight is 358 g/mol. The first kappa shape index (κ1) is 22.8. The van der Waals surface area contributed by atoms with Crippen molar-refractivity contribution in [2.24, 2.45) is 5.92 Å². The molecule has 0 amide bonds. The van der Waals surface area contributed by atoms with E-state index in [9.17, 15) is 9.36 Å². The first-order valence-corrected chi connectivity index (χ1v) is 10.0. The average Bonchev–Trinajstić information content (AvgIpc) is 2.41. The Morgan fingerprint density at radius 1 is 0.958 bits per heavy atom. The molecule has 0 rings (SSSR count). The molecule has 0 aromatic rings. The minimum Gasteiger partial charge on any atom is -0.481 e. The zero-order valence-electron chi connectivity index (χ0n) is 15.2. The van der Waals surface area contributed by atoms with Gasteiger partial charge in [0.05, 0.1) is 12.1 Å². The van der Waals surface area contributed by atoms with Crippen molar-refractivity contribution in [1.29, 1.82) is 0 Å². The van der Waals surface area contributed by atoms with Crippen LogP contribution in [0.25, 0.3) is 0 Å². The number of hydrogen-bond acceptors (Lipinski definition) is 2. The van der Waals surface area contributed by atoms with Crippen molar-refractivity contribution in [2.45, 2.75) is 59.8 Å². The Morgan fingerprint density at radius 3 is 1.92 bits per heavy atom. The van der Waals surface area contributed by atoms with Crippen LogP contribution in [-0.4, -0.2) is 27.0 Å². The third-order valence-electron chi connectivity index (χ3n) is 3.68. The van der Waals surface area contributed by atoms with Crippen molar-refractivity contribution in [3.8, 4) is 0 Å². The standard InChI is InChI=1S/C18H31O5P/c1-14(2)7-5-8-15(3)9-6-10-16(4)11-12-17(18(19)20)13-24(21,22)23/h7,9,11,17H,5-6,8,10,12-13H2,1-4H3,(H,19,20)(H2,21,22,23). The number of carboxylic acids is 1. The first-order chi connectivity index (χ1) is 11.0. The van der Waals surface area contributed by atoms with E-state index in [-0.39, 0.29) is 6.42 Å². The number of carboxylic acid groups (broad SMARTS) is 1. The topological polar surface area (TPSA) is 94.8 Å². The van der Waals surface area contributed by atoms with Crippen molar-refractivity contribution < 1.29 is 24.3 Å². The molecule has 0 aromatic heterocycles. The van der Waals surface area contributed by atoms with E-state index in [1.165, 1.54) is 11.1 Å². The van der Waals surface area contributed by atoms with Gasteiger partial charge in [-0.25, -0.2) is 0 Å². The molecule has 0 aliphatic rings. The van der Waals surface area contributed by atoms with Gasteiger partial charge in [0.2, 0.25) is 0 Å². The molecule has 0 saturated carbocycles. The van der Waals surface area contributed by atoms with E-state index in [1.54, 1.807) is 6.08 Å². The molecule has 0 aliphatic carbocycles. The predicted octanol–water partition coefficient (Wildman–Crippen LogP) is 4.67. The van der Waals surface area contributed by atoms with Crippen LogP contribution in [0.4, 0.5) is 0 Å². The lowest BCUT2D eigenvalue weighted by Gasteiger charge is -2.11. The van der Waals surface area contributed by atoms with E-state index in [0.717, 1.165) is 31.3 Å². The summed E-state index contributed by atoms with van der Waals surface area (Å²) in [5.41, 5.74) is 3.70. The van der Waals surface area contributed by atoms with Crippen LogP contribution in [-0.2, 0) is 9.36 Å². The Hall–Kier alpha value is -1.16. The molecule has 1 atom stereocenters. The summed E-state index contributed by atoms with van der Waals surface area (Å²) in [6.45, 7) is 8.20. The molecule has 3 N–H and O–H groups in total. The lowest BCUT2D eigenvalue weighted by atomic mass is 10.0. The highest BCUT2D eigenvalue weighted by atomic mass is 31.2. The predicted molar refractivity (Wildman–Crippen MR) is 98.1 cm³/mol. The maximum Gasteiger partial charge on any atom is 0.326 e. The Labute approximate surface area is 145 Å². The maximum absolute atomic E-state index is 11.1. The Kier molecular flexibility index (Phi) is 10.9. The highest BCUT2D eigenvalue weighted by molar-refractivity contribution is 7.51. The van der Waals surface area contributed by atoms with E-state index >= 15 is 0 Å². The summed E-state index contributed by atoms with van der Waals surface area (Å²) >= 11 is 0. The highest BCUT2D eigenvalue weighted by Crippen LogP contribution is 2.38. The van der Waals surface area contributed by atoms with Crippen molar-refractivity contribution in [2.75, 3.05) is 6.16 Å². The number of aliphatic carboxylic acids is 1. The van der Waals surface area contributed by atoms with E-state index < -0.39 is 25.6 Å². The third-order valence-corrected chi connectivity index (χ3v) is 4.60. The fraction of sp³-hybridized carbons (Fsp3) is 0.611. The number of hydrogen-bond donors (Lipinski definition) is 3. The molecule has 138 valence electrons. The smallest absolute Gasteiger partial charge is 0.326 e. The third kappa shape index (κ3) is 13.3. The largest absolute Gasteiger partial charge is 0.481 e. The van der Waals surface area contributed by atoms with Crippen molar-refractivity contribution in [3.05, 3.63) is 34.9 Å². The lowest BCUT2D eigenvalue weighted by molar-refractivity contribution is -0.140. The summed E-state index contributed by atoms with van der Waals surface area (Å²) < 4.78 is 11.0. The monoisotopic (exact) mass is 358 g/mol. The molecule has 5 nitrogen and oxygen atoms in total. The summed E-state index contributed by atoms with van der Waals surface area (Å²) in [6.07, 6.45) is 9.52. The van der Waals surface area contributed by atoms with Crippen LogP contribution >= 0.6 is 7.60 Å². The van der Waals surface area contributed by atoms with Crippen molar-refractivity contribution in [1.82, 2.24) is 0 Å². The van der Waals surface area contributed by atoms with Crippen LogP contribution < -0.4 is 0 Å². The van der Waals surface area contributed by atoms with Gasteiger partial charge in [-0.2, -0.15) is 0 Å². The van der Waals surface area contributed by atoms with E-state index in [0.29, 0.717) is 0 Å². The minimum absolute atomic E-state index is 0.148. The lowest BCUT2D eigenvalue weighted by Crippen LogP contribution is -2.17. The first-order valence-electron chi connectivity index (χ1n) is 8.23. The van der Waals surface area contributed by atoms with Gasteiger partial charge in [-0.3, -0.25) is 9.36 Å². The fourth-order valence-corrected chi connectivity index (χ4v) is 3.10. The maximum atomic E-state index is 11.1. The molecular formula is C18H31O5P. The molecule has 24 heavy (non-hydrogen) atoms. The van der Waals surface area contributed by atoms with Gasteiger partial charge in [0.25, 0.3) is 0 Å². The SMILES string of the molecule is CC(C)=CCCC(C)=CCCC(C)=CCC(CP(=O)(O)O)C(=O)O. The van der Waals surface area contributed by atoms with Crippen LogP contribution in [0.3, 0.4) is 0 Å². The van der Waals surface area contributed by atoms with E-state index in [4.69, 9.17) is 14.9 Å². The molecule has 6 heteroatoms. The quantitative estimate of drug-likeness (QED) is 0.368. The summed E-state index contributed by atoms with van der Waals surface area (Å²) in [5.74, 6) is -2.21. The van der Waals surface area contributed by atoms with Crippen molar-refractivity contribution in [3.63, 3.8) is 0 Å². The fourth-order valence-electron chi connectivity index (χ4n) is 2.22. The molecule has 0 bridgehead atoms. The summed E-state index contributed by atoms with van der Waals surface area (Å²) in [4.78, 5) is 28.9. The minimum atomic E-state index is -4.31. The van der Waals surface area contributed by atoms with Gasteiger partial charge in [-0.05, 0) is 59.8 Å². The Morgan fingerprint density at radius 2 is 1.46 bits per heavy atom. The number of carbonyl (C=O) groups is 1. The van der Waals surface area contributed by atoms with Gasteiger partial charge in [-0.15, -0.1) is 0 Å². The van der Waals surface area contributed by atoms with Crippen LogP contribution in [0.1, 0.15) is 59.8 Å². The van der Waals surface area contributed by atoms with E-state index in [1.807, 2.05) is 6.92 Å². The van der Waals surface area contributed by atoms with Gasteiger partial charge >= 0.3 is 13.6 Å². The summed E-state index contributed by atoms with van der Waals surface area (Å²) in [7, 11) is -4.31.